The zero-order valence-corrected chi connectivity index (χ0v) is 14.8. The van der Waals surface area contributed by atoms with Gasteiger partial charge < -0.3 is 19.5 Å². The SMILES string of the molecule is COc1ccc(CCNC(=O)c2ccc(OCC(F)(F)F)nc2)cc1OC. The number of nitrogens with zero attached hydrogens (tertiary/aromatic N) is 1. The van der Waals surface area contributed by atoms with E-state index < -0.39 is 12.8 Å². The summed E-state index contributed by atoms with van der Waals surface area (Å²) >= 11 is 0. The number of pyridine rings is 1. The van der Waals surface area contributed by atoms with Crippen LogP contribution in [0.3, 0.4) is 0 Å². The van der Waals surface area contributed by atoms with Crippen molar-refractivity contribution in [2.45, 2.75) is 12.6 Å². The molecule has 27 heavy (non-hydrogen) atoms. The van der Waals surface area contributed by atoms with Crippen molar-refractivity contribution < 1.29 is 32.2 Å². The minimum Gasteiger partial charge on any atom is -0.493 e. The van der Waals surface area contributed by atoms with Crippen LogP contribution in [-0.2, 0) is 6.42 Å². The minimum absolute atomic E-state index is 0.200. The molecule has 0 aliphatic heterocycles. The average molecular weight is 384 g/mol. The smallest absolute Gasteiger partial charge is 0.422 e. The van der Waals surface area contributed by atoms with Gasteiger partial charge in [0.2, 0.25) is 5.88 Å². The Morgan fingerprint density at radius 1 is 1.11 bits per heavy atom. The molecule has 9 heteroatoms. The van der Waals surface area contributed by atoms with Crippen LogP contribution in [0.15, 0.2) is 36.5 Å². The molecule has 146 valence electrons. The van der Waals surface area contributed by atoms with Crippen LogP contribution >= 0.6 is 0 Å². The number of carbonyl (C=O) groups is 1. The molecule has 1 aromatic heterocycles. The van der Waals surface area contributed by atoms with Gasteiger partial charge in [0.15, 0.2) is 18.1 Å². The highest BCUT2D eigenvalue weighted by Crippen LogP contribution is 2.27. The monoisotopic (exact) mass is 384 g/mol. The molecule has 1 amide bonds. The van der Waals surface area contributed by atoms with Gasteiger partial charge in [-0.1, -0.05) is 6.07 Å². The molecule has 0 radical (unpaired) electrons. The number of carbonyl (C=O) groups excluding carboxylic acids is 1. The minimum atomic E-state index is -4.44. The van der Waals surface area contributed by atoms with E-state index in [1.165, 1.54) is 12.1 Å². The van der Waals surface area contributed by atoms with Gasteiger partial charge in [-0.3, -0.25) is 4.79 Å². The lowest BCUT2D eigenvalue weighted by atomic mass is 10.1. The van der Waals surface area contributed by atoms with Gasteiger partial charge in [0.25, 0.3) is 5.91 Å². The first-order chi connectivity index (χ1) is 12.8. The van der Waals surface area contributed by atoms with Crippen LogP contribution in [0.25, 0.3) is 0 Å². The van der Waals surface area contributed by atoms with Gasteiger partial charge in [-0.2, -0.15) is 13.2 Å². The quantitative estimate of drug-likeness (QED) is 0.758. The van der Waals surface area contributed by atoms with Gasteiger partial charge in [-0.05, 0) is 30.2 Å². The number of methoxy groups -OCH3 is 2. The van der Waals surface area contributed by atoms with E-state index in [-0.39, 0.29) is 17.4 Å². The van der Waals surface area contributed by atoms with E-state index in [1.807, 2.05) is 12.1 Å². The molecule has 1 N–H and O–H groups in total. The number of rotatable bonds is 8. The fraction of sp³-hybridized carbons (Fsp3) is 0.333. The first-order valence-electron chi connectivity index (χ1n) is 7.97. The van der Waals surface area contributed by atoms with Crippen LogP contribution < -0.4 is 19.5 Å². The van der Waals surface area contributed by atoms with Crippen LogP contribution in [0.5, 0.6) is 17.4 Å². The number of aromatic nitrogens is 1. The lowest BCUT2D eigenvalue weighted by Gasteiger charge is -2.10. The Labute approximate surface area is 154 Å². The molecule has 2 rings (SSSR count). The van der Waals surface area contributed by atoms with E-state index >= 15 is 0 Å². The molecule has 0 unspecified atom stereocenters. The molecule has 0 aliphatic rings. The third kappa shape index (κ3) is 6.36. The normalized spacial score (nSPS) is 11.0. The molecular weight excluding hydrogens is 365 g/mol. The van der Waals surface area contributed by atoms with Crippen molar-refractivity contribution in [1.29, 1.82) is 0 Å². The summed E-state index contributed by atoms with van der Waals surface area (Å²) in [7, 11) is 3.09. The van der Waals surface area contributed by atoms with Gasteiger partial charge in [0.05, 0.1) is 19.8 Å². The van der Waals surface area contributed by atoms with Crippen molar-refractivity contribution in [3.8, 4) is 17.4 Å². The fourth-order valence-corrected chi connectivity index (χ4v) is 2.21. The molecule has 6 nitrogen and oxygen atoms in total. The second-order valence-corrected chi connectivity index (χ2v) is 5.48. The third-order valence-corrected chi connectivity index (χ3v) is 3.53. The molecule has 0 bridgehead atoms. The molecule has 2 aromatic rings. The van der Waals surface area contributed by atoms with Crippen molar-refractivity contribution in [2.75, 3.05) is 27.4 Å². The molecule has 0 atom stereocenters. The van der Waals surface area contributed by atoms with Crippen LogP contribution in [-0.4, -0.2) is 44.4 Å². The molecule has 0 saturated heterocycles. The van der Waals surface area contributed by atoms with E-state index in [4.69, 9.17) is 9.47 Å². The Hall–Kier alpha value is -2.97. The summed E-state index contributed by atoms with van der Waals surface area (Å²) in [6.07, 6.45) is -2.72. The van der Waals surface area contributed by atoms with Crippen molar-refractivity contribution in [1.82, 2.24) is 10.3 Å². The molecule has 0 spiro atoms. The van der Waals surface area contributed by atoms with E-state index in [0.29, 0.717) is 24.5 Å². The fourth-order valence-electron chi connectivity index (χ4n) is 2.21. The number of amides is 1. The summed E-state index contributed by atoms with van der Waals surface area (Å²) in [6, 6.07) is 8.03. The van der Waals surface area contributed by atoms with E-state index in [1.54, 1.807) is 20.3 Å². The largest absolute Gasteiger partial charge is 0.493 e. The lowest BCUT2D eigenvalue weighted by Crippen LogP contribution is -2.26. The van der Waals surface area contributed by atoms with Crippen molar-refractivity contribution >= 4 is 5.91 Å². The number of halogens is 3. The molecule has 0 saturated carbocycles. The molecule has 0 fully saturated rings. The topological polar surface area (TPSA) is 69.7 Å². The van der Waals surface area contributed by atoms with Crippen molar-refractivity contribution in [3.05, 3.63) is 47.7 Å². The molecule has 0 aliphatic carbocycles. The average Bonchev–Trinajstić information content (AvgIpc) is 2.66. The van der Waals surface area contributed by atoms with Gasteiger partial charge in [-0.15, -0.1) is 0 Å². The van der Waals surface area contributed by atoms with Gasteiger partial charge in [0.1, 0.15) is 0 Å². The van der Waals surface area contributed by atoms with E-state index in [0.717, 1.165) is 11.8 Å². The Balaban J connectivity index is 1.85. The Morgan fingerprint density at radius 2 is 1.85 bits per heavy atom. The van der Waals surface area contributed by atoms with Gasteiger partial charge >= 0.3 is 6.18 Å². The zero-order chi connectivity index (χ0) is 19.9. The summed E-state index contributed by atoms with van der Waals surface area (Å²) in [4.78, 5) is 15.8. The predicted octanol–water partition coefficient (Wildman–Crippen LogP) is 3.01. The van der Waals surface area contributed by atoms with E-state index in [2.05, 4.69) is 15.0 Å². The number of alkyl halides is 3. The highest BCUT2D eigenvalue weighted by Gasteiger charge is 2.28. The first kappa shape index (κ1) is 20.3. The standard InChI is InChI=1S/C18H19F3N2O4/c1-25-14-5-3-12(9-15(14)26-2)7-8-22-17(24)13-4-6-16(23-10-13)27-11-18(19,20)21/h3-6,9-10H,7-8,11H2,1-2H3,(H,22,24). The predicted molar refractivity (Wildman–Crippen MR) is 91.4 cm³/mol. The van der Waals surface area contributed by atoms with Crippen LogP contribution in [0.1, 0.15) is 15.9 Å². The summed E-state index contributed by atoms with van der Waals surface area (Å²) in [6.45, 7) is -1.07. The van der Waals surface area contributed by atoms with Crippen molar-refractivity contribution in [2.24, 2.45) is 0 Å². The number of benzene rings is 1. The summed E-state index contributed by atoms with van der Waals surface area (Å²) in [5, 5.41) is 2.72. The summed E-state index contributed by atoms with van der Waals surface area (Å²) in [5.41, 5.74) is 1.17. The molecular formula is C18H19F3N2O4. The highest BCUT2D eigenvalue weighted by molar-refractivity contribution is 5.93. The Bertz CT molecular complexity index is 764. The highest BCUT2D eigenvalue weighted by atomic mass is 19.4. The second-order valence-electron chi connectivity index (χ2n) is 5.48. The molecule has 1 aromatic carbocycles. The number of ether oxygens (including phenoxy) is 3. The van der Waals surface area contributed by atoms with Crippen LogP contribution in [0.2, 0.25) is 0 Å². The number of nitrogens with one attached hydrogen (secondary N) is 1. The summed E-state index contributed by atoms with van der Waals surface area (Å²) < 4.78 is 51.1. The van der Waals surface area contributed by atoms with Crippen LogP contribution in [0.4, 0.5) is 13.2 Å². The Morgan fingerprint density at radius 3 is 2.44 bits per heavy atom. The first-order valence-corrected chi connectivity index (χ1v) is 7.97. The third-order valence-electron chi connectivity index (χ3n) is 3.53. The Kier molecular flexibility index (Phi) is 6.86. The van der Waals surface area contributed by atoms with Crippen LogP contribution in [0, 0.1) is 0 Å². The number of hydrogen-bond acceptors (Lipinski definition) is 5. The maximum absolute atomic E-state index is 12.1. The maximum atomic E-state index is 12.1. The number of hydrogen-bond donors (Lipinski definition) is 1. The maximum Gasteiger partial charge on any atom is 0.422 e. The van der Waals surface area contributed by atoms with Gasteiger partial charge in [-0.25, -0.2) is 4.98 Å². The summed E-state index contributed by atoms with van der Waals surface area (Å²) in [5.74, 6) is 0.628. The second kappa shape index (κ2) is 9.11. The lowest BCUT2D eigenvalue weighted by molar-refractivity contribution is -0.154. The van der Waals surface area contributed by atoms with E-state index in [9.17, 15) is 18.0 Å². The zero-order valence-electron chi connectivity index (χ0n) is 14.8. The van der Waals surface area contributed by atoms with Gasteiger partial charge in [0, 0.05) is 18.8 Å². The van der Waals surface area contributed by atoms with Crippen molar-refractivity contribution in [3.63, 3.8) is 0 Å². The molecule has 1 heterocycles.